The topological polar surface area (TPSA) is 79.8 Å². The first-order chi connectivity index (χ1) is 11.8. The van der Waals surface area contributed by atoms with Gasteiger partial charge in [0.05, 0.1) is 12.4 Å². The molecule has 6 heteroatoms. The second-order valence-electron chi connectivity index (χ2n) is 6.16. The smallest absolute Gasteiger partial charge is 0.271 e. The van der Waals surface area contributed by atoms with E-state index in [1.165, 1.54) is 31.9 Å². The van der Waals surface area contributed by atoms with Crippen LogP contribution in [0.25, 0.3) is 0 Å². The Morgan fingerprint density at radius 2 is 1.79 bits per heavy atom. The zero-order valence-electron chi connectivity index (χ0n) is 13.7. The highest BCUT2D eigenvalue weighted by molar-refractivity contribution is 5.92. The van der Waals surface area contributed by atoms with E-state index in [-0.39, 0.29) is 11.9 Å². The molecule has 2 aromatic rings. The van der Waals surface area contributed by atoms with Gasteiger partial charge < -0.3 is 10.6 Å². The van der Waals surface area contributed by atoms with Crippen molar-refractivity contribution in [1.29, 1.82) is 0 Å². The number of carbonyl (C=O) groups excluding carboxylic acids is 1. The minimum Gasteiger partial charge on any atom is -0.365 e. The second kappa shape index (κ2) is 8.38. The van der Waals surface area contributed by atoms with Gasteiger partial charge in [0, 0.05) is 25.0 Å². The number of hydrogen-bond acceptors (Lipinski definition) is 5. The third kappa shape index (κ3) is 4.75. The minimum absolute atomic E-state index is 0.130. The first-order valence-electron chi connectivity index (χ1n) is 8.57. The Labute approximate surface area is 142 Å². The quantitative estimate of drug-likeness (QED) is 0.826. The Balaban J connectivity index is 1.52. The van der Waals surface area contributed by atoms with Crippen molar-refractivity contribution in [2.45, 2.75) is 51.1 Å². The highest BCUT2D eigenvalue weighted by Gasteiger charge is 2.16. The highest BCUT2D eigenvalue weighted by Crippen LogP contribution is 2.17. The summed E-state index contributed by atoms with van der Waals surface area (Å²) in [6, 6.07) is 4.15. The average molecular weight is 325 g/mol. The van der Waals surface area contributed by atoms with Crippen LogP contribution < -0.4 is 10.6 Å². The normalized spacial score (nSPS) is 15.5. The average Bonchev–Trinajstić information content (AvgIpc) is 2.90. The third-order valence-corrected chi connectivity index (χ3v) is 4.30. The van der Waals surface area contributed by atoms with E-state index in [2.05, 4.69) is 25.6 Å². The van der Waals surface area contributed by atoms with Crippen LogP contribution in [-0.2, 0) is 6.54 Å². The standard InChI is InChI=1S/C18H23N5O/c24-18(23-15-5-3-1-2-4-6-15)16-12-22-17(13-20-16)21-11-14-7-9-19-10-8-14/h7-10,12-13,15H,1-6,11H2,(H,21,22)(H,23,24). The van der Waals surface area contributed by atoms with Crippen molar-refractivity contribution in [3.63, 3.8) is 0 Å². The van der Waals surface area contributed by atoms with Crippen molar-refractivity contribution < 1.29 is 4.79 Å². The number of nitrogens with one attached hydrogen (secondary N) is 2. The van der Waals surface area contributed by atoms with Crippen molar-refractivity contribution >= 4 is 11.7 Å². The molecule has 1 amide bonds. The molecule has 0 aromatic carbocycles. The molecule has 2 heterocycles. The van der Waals surface area contributed by atoms with Gasteiger partial charge >= 0.3 is 0 Å². The molecule has 0 saturated heterocycles. The maximum Gasteiger partial charge on any atom is 0.271 e. The van der Waals surface area contributed by atoms with E-state index in [1.807, 2.05) is 12.1 Å². The lowest BCUT2D eigenvalue weighted by Crippen LogP contribution is -2.34. The monoisotopic (exact) mass is 325 g/mol. The van der Waals surface area contributed by atoms with Gasteiger partial charge in [0.1, 0.15) is 11.5 Å². The Morgan fingerprint density at radius 3 is 2.46 bits per heavy atom. The molecule has 1 fully saturated rings. The molecule has 0 atom stereocenters. The van der Waals surface area contributed by atoms with Gasteiger partial charge in [-0.3, -0.25) is 9.78 Å². The summed E-state index contributed by atoms with van der Waals surface area (Å²) in [7, 11) is 0. The van der Waals surface area contributed by atoms with Gasteiger partial charge in [0.25, 0.3) is 5.91 Å². The van der Waals surface area contributed by atoms with Crippen LogP contribution in [0.3, 0.4) is 0 Å². The zero-order valence-corrected chi connectivity index (χ0v) is 13.7. The van der Waals surface area contributed by atoms with Gasteiger partial charge in [-0.2, -0.15) is 0 Å². The number of aromatic nitrogens is 3. The summed E-state index contributed by atoms with van der Waals surface area (Å²) in [5.41, 5.74) is 1.48. The van der Waals surface area contributed by atoms with Crippen molar-refractivity contribution in [1.82, 2.24) is 20.3 Å². The van der Waals surface area contributed by atoms with Crippen LogP contribution in [0, 0.1) is 0 Å². The molecule has 24 heavy (non-hydrogen) atoms. The molecule has 2 aromatic heterocycles. The number of rotatable bonds is 5. The number of nitrogens with zero attached hydrogens (tertiary/aromatic N) is 3. The number of anilines is 1. The lowest BCUT2D eigenvalue weighted by atomic mass is 10.1. The van der Waals surface area contributed by atoms with Crippen molar-refractivity contribution in [3.8, 4) is 0 Å². The first-order valence-corrected chi connectivity index (χ1v) is 8.57. The summed E-state index contributed by atoms with van der Waals surface area (Å²) in [5, 5.41) is 6.27. The Morgan fingerprint density at radius 1 is 1.04 bits per heavy atom. The molecule has 3 rings (SSSR count). The molecular formula is C18H23N5O. The Kier molecular flexibility index (Phi) is 5.71. The van der Waals surface area contributed by atoms with Crippen LogP contribution in [-0.4, -0.2) is 26.9 Å². The van der Waals surface area contributed by atoms with E-state index in [1.54, 1.807) is 18.6 Å². The summed E-state index contributed by atoms with van der Waals surface area (Å²) in [6.45, 7) is 0.644. The van der Waals surface area contributed by atoms with E-state index in [9.17, 15) is 4.79 Å². The maximum atomic E-state index is 12.3. The van der Waals surface area contributed by atoms with Gasteiger partial charge in [0.2, 0.25) is 0 Å². The van der Waals surface area contributed by atoms with Gasteiger partial charge in [0.15, 0.2) is 0 Å². The molecule has 1 aliphatic carbocycles. The van der Waals surface area contributed by atoms with Crippen LogP contribution in [0.4, 0.5) is 5.82 Å². The van der Waals surface area contributed by atoms with Crippen molar-refractivity contribution in [2.75, 3.05) is 5.32 Å². The molecule has 0 radical (unpaired) electrons. The summed E-state index contributed by atoms with van der Waals surface area (Å²) in [4.78, 5) is 24.8. The number of hydrogen-bond donors (Lipinski definition) is 2. The second-order valence-corrected chi connectivity index (χ2v) is 6.16. The predicted octanol–water partition coefficient (Wildman–Crippen LogP) is 2.94. The summed E-state index contributed by atoms with van der Waals surface area (Å²) >= 11 is 0. The van der Waals surface area contributed by atoms with E-state index >= 15 is 0 Å². The summed E-state index contributed by atoms with van der Waals surface area (Å²) in [5.74, 6) is 0.521. The summed E-state index contributed by atoms with van der Waals surface area (Å²) < 4.78 is 0. The van der Waals surface area contributed by atoms with E-state index < -0.39 is 0 Å². The zero-order chi connectivity index (χ0) is 16.6. The van der Waals surface area contributed by atoms with E-state index in [4.69, 9.17) is 0 Å². The van der Waals surface area contributed by atoms with E-state index in [0.29, 0.717) is 18.1 Å². The molecular weight excluding hydrogens is 302 g/mol. The fourth-order valence-electron chi connectivity index (χ4n) is 2.91. The molecule has 0 bridgehead atoms. The highest BCUT2D eigenvalue weighted by atomic mass is 16.1. The predicted molar refractivity (Wildman–Crippen MR) is 92.6 cm³/mol. The fourth-order valence-corrected chi connectivity index (χ4v) is 2.91. The van der Waals surface area contributed by atoms with Crippen LogP contribution in [0.5, 0.6) is 0 Å². The molecule has 0 aliphatic heterocycles. The van der Waals surface area contributed by atoms with Crippen LogP contribution in [0.15, 0.2) is 36.9 Å². The minimum atomic E-state index is -0.130. The largest absolute Gasteiger partial charge is 0.365 e. The number of amides is 1. The van der Waals surface area contributed by atoms with Crippen LogP contribution >= 0.6 is 0 Å². The molecule has 1 saturated carbocycles. The molecule has 2 N–H and O–H groups in total. The van der Waals surface area contributed by atoms with Gasteiger partial charge in [-0.1, -0.05) is 25.7 Å². The first kappa shape index (κ1) is 16.4. The fraction of sp³-hybridized carbons (Fsp3) is 0.444. The number of carbonyl (C=O) groups is 1. The molecule has 0 unspecified atom stereocenters. The van der Waals surface area contributed by atoms with Gasteiger partial charge in [-0.25, -0.2) is 9.97 Å². The molecule has 0 spiro atoms. The molecule has 126 valence electrons. The lowest BCUT2D eigenvalue weighted by molar-refractivity contribution is 0.0928. The van der Waals surface area contributed by atoms with Crippen molar-refractivity contribution in [3.05, 3.63) is 48.2 Å². The Hall–Kier alpha value is -2.50. The summed E-state index contributed by atoms with van der Waals surface area (Å²) in [6.07, 6.45) is 13.7. The van der Waals surface area contributed by atoms with Crippen molar-refractivity contribution in [2.24, 2.45) is 0 Å². The van der Waals surface area contributed by atoms with E-state index in [0.717, 1.165) is 18.4 Å². The SMILES string of the molecule is O=C(NC1CCCCCC1)c1cnc(NCc2ccncc2)cn1. The maximum absolute atomic E-state index is 12.3. The molecule has 6 nitrogen and oxygen atoms in total. The number of pyridine rings is 1. The Bertz CT molecular complexity index is 636. The lowest BCUT2D eigenvalue weighted by Gasteiger charge is -2.15. The van der Waals surface area contributed by atoms with Crippen LogP contribution in [0.1, 0.15) is 54.6 Å². The van der Waals surface area contributed by atoms with Gasteiger partial charge in [-0.05, 0) is 30.5 Å². The van der Waals surface area contributed by atoms with Gasteiger partial charge in [-0.15, -0.1) is 0 Å². The van der Waals surface area contributed by atoms with Crippen LogP contribution in [0.2, 0.25) is 0 Å². The third-order valence-electron chi connectivity index (χ3n) is 4.30. The molecule has 1 aliphatic rings.